The van der Waals surface area contributed by atoms with Gasteiger partial charge in [0.15, 0.2) is 18.2 Å². The molecule has 0 aromatic heterocycles. The van der Waals surface area contributed by atoms with Crippen LogP contribution in [0.25, 0.3) is 0 Å². The number of carbonyl (C=O) groups excluding carboxylic acids is 2. The molecule has 3 aromatic rings. The summed E-state index contributed by atoms with van der Waals surface area (Å²) in [5.74, 6) is -1.14. The zero-order valence-corrected chi connectivity index (χ0v) is 20.4. The molecule has 0 aliphatic rings. The molecule has 0 saturated carbocycles. The number of amides is 2. The van der Waals surface area contributed by atoms with Gasteiger partial charge in [-0.2, -0.15) is 0 Å². The quantitative estimate of drug-likeness (QED) is 0.372. The minimum Gasteiger partial charge on any atom is -0.481 e. The van der Waals surface area contributed by atoms with E-state index < -0.39 is 11.9 Å². The fraction of sp³-hybridized carbons (Fsp3) is 0.310. The van der Waals surface area contributed by atoms with Crippen molar-refractivity contribution in [3.63, 3.8) is 0 Å². The maximum atomic E-state index is 14.1. The first kappa shape index (κ1) is 25.9. The van der Waals surface area contributed by atoms with Gasteiger partial charge in [-0.15, -0.1) is 0 Å². The molecule has 0 aliphatic heterocycles. The van der Waals surface area contributed by atoms with Crippen molar-refractivity contribution in [2.75, 3.05) is 13.2 Å². The van der Waals surface area contributed by atoms with E-state index in [1.165, 1.54) is 12.1 Å². The van der Waals surface area contributed by atoms with Gasteiger partial charge in [0.25, 0.3) is 5.91 Å². The SMILES string of the molecule is CCCCNC(=O)C(Cc1ccccc1)N(Cc1cccc(C)c1)C(=O)COc1ccccc1F. The molecule has 35 heavy (non-hydrogen) atoms. The Morgan fingerprint density at radius 1 is 0.971 bits per heavy atom. The number of carbonyl (C=O) groups is 2. The Kier molecular flexibility index (Phi) is 9.84. The van der Waals surface area contributed by atoms with Crippen molar-refractivity contribution in [1.29, 1.82) is 0 Å². The Hall–Kier alpha value is -3.67. The molecule has 0 aliphatic carbocycles. The van der Waals surface area contributed by atoms with E-state index in [2.05, 4.69) is 12.2 Å². The first-order valence-corrected chi connectivity index (χ1v) is 12.0. The molecule has 1 atom stereocenters. The summed E-state index contributed by atoms with van der Waals surface area (Å²) in [7, 11) is 0. The van der Waals surface area contributed by atoms with Gasteiger partial charge in [-0.25, -0.2) is 4.39 Å². The lowest BCUT2D eigenvalue weighted by molar-refractivity contribution is -0.142. The van der Waals surface area contributed by atoms with Crippen LogP contribution in [-0.4, -0.2) is 35.9 Å². The molecule has 1 N–H and O–H groups in total. The van der Waals surface area contributed by atoms with E-state index >= 15 is 0 Å². The zero-order valence-electron chi connectivity index (χ0n) is 20.4. The highest BCUT2D eigenvalue weighted by Gasteiger charge is 2.30. The van der Waals surface area contributed by atoms with Gasteiger partial charge in [-0.1, -0.05) is 85.6 Å². The molecule has 0 saturated heterocycles. The summed E-state index contributed by atoms with van der Waals surface area (Å²) in [6.45, 7) is 4.44. The van der Waals surface area contributed by atoms with Crippen molar-refractivity contribution in [2.24, 2.45) is 0 Å². The molecule has 184 valence electrons. The minimum absolute atomic E-state index is 0.00311. The second-order valence-corrected chi connectivity index (χ2v) is 8.58. The summed E-state index contributed by atoms with van der Waals surface area (Å²) in [5, 5.41) is 2.99. The molecule has 0 radical (unpaired) electrons. The molecule has 3 aromatic carbocycles. The summed E-state index contributed by atoms with van der Waals surface area (Å²) in [4.78, 5) is 28.4. The molecular weight excluding hydrogens is 443 g/mol. The highest BCUT2D eigenvalue weighted by molar-refractivity contribution is 5.88. The fourth-order valence-corrected chi connectivity index (χ4v) is 3.85. The Bertz CT molecular complexity index is 1100. The van der Waals surface area contributed by atoms with E-state index in [0.29, 0.717) is 13.0 Å². The van der Waals surface area contributed by atoms with Crippen LogP contribution in [0.15, 0.2) is 78.9 Å². The van der Waals surface area contributed by atoms with Crippen LogP contribution in [0.2, 0.25) is 0 Å². The third-order valence-corrected chi connectivity index (χ3v) is 5.72. The number of para-hydroxylation sites is 1. The van der Waals surface area contributed by atoms with Gasteiger partial charge < -0.3 is 15.0 Å². The average molecular weight is 477 g/mol. The fourth-order valence-electron chi connectivity index (χ4n) is 3.85. The maximum absolute atomic E-state index is 14.1. The summed E-state index contributed by atoms with van der Waals surface area (Å²) < 4.78 is 19.6. The molecule has 0 bridgehead atoms. The number of benzene rings is 3. The molecule has 2 amide bonds. The Morgan fingerprint density at radius 2 is 1.69 bits per heavy atom. The van der Waals surface area contributed by atoms with E-state index in [1.54, 1.807) is 17.0 Å². The van der Waals surface area contributed by atoms with E-state index in [9.17, 15) is 14.0 Å². The van der Waals surface area contributed by atoms with Crippen molar-refractivity contribution in [1.82, 2.24) is 10.2 Å². The van der Waals surface area contributed by atoms with E-state index in [-0.39, 0.29) is 30.7 Å². The van der Waals surface area contributed by atoms with Crippen LogP contribution in [-0.2, 0) is 22.6 Å². The molecule has 0 fully saturated rings. The lowest BCUT2D eigenvalue weighted by atomic mass is 10.0. The van der Waals surface area contributed by atoms with Crippen LogP contribution in [0.5, 0.6) is 5.75 Å². The normalized spacial score (nSPS) is 11.5. The number of nitrogens with zero attached hydrogens (tertiary/aromatic N) is 1. The molecule has 0 spiro atoms. The topological polar surface area (TPSA) is 58.6 Å². The van der Waals surface area contributed by atoms with Gasteiger partial charge in [0.1, 0.15) is 6.04 Å². The van der Waals surface area contributed by atoms with Crippen LogP contribution in [0.1, 0.15) is 36.5 Å². The van der Waals surface area contributed by atoms with Gasteiger partial charge in [0.2, 0.25) is 5.91 Å². The second kappa shape index (κ2) is 13.3. The third kappa shape index (κ3) is 7.95. The summed E-state index contributed by atoms with van der Waals surface area (Å²) in [6, 6.07) is 22.7. The van der Waals surface area contributed by atoms with Crippen LogP contribution >= 0.6 is 0 Å². The molecular formula is C29H33FN2O3. The van der Waals surface area contributed by atoms with Gasteiger partial charge >= 0.3 is 0 Å². The predicted octanol–water partition coefficient (Wildman–Crippen LogP) is 5.07. The van der Waals surface area contributed by atoms with Crippen molar-refractivity contribution in [3.05, 3.63) is 101 Å². The van der Waals surface area contributed by atoms with Crippen LogP contribution < -0.4 is 10.1 Å². The Labute approximate surface area is 206 Å². The number of hydrogen-bond donors (Lipinski definition) is 1. The number of nitrogens with one attached hydrogen (secondary N) is 1. The van der Waals surface area contributed by atoms with Crippen LogP contribution in [0.3, 0.4) is 0 Å². The first-order chi connectivity index (χ1) is 17.0. The smallest absolute Gasteiger partial charge is 0.261 e. The van der Waals surface area contributed by atoms with Crippen molar-refractivity contribution < 1.29 is 18.7 Å². The van der Waals surface area contributed by atoms with Gasteiger partial charge in [0.05, 0.1) is 0 Å². The van der Waals surface area contributed by atoms with E-state index in [0.717, 1.165) is 29.5 Å². The predicted molar refractivity (Wildman–Crippen MR) is 135 cm³/mol. The molecule has 5 nitrogen and oxygen atoms in total. The van der Waals surface area contributed by atoms with E-state index in [1.807, 2.05) is 61.5 Å². The van der Waals surface area contributed by atoms with Gasteiger partial charge in [0, 0.05) is 19.5 Å². The lowest BCUT2D eigenvalue weighted by Gasteiger charge is -2.31. The van der Waals surface area contributed by atoms with Gasteiger partial charge in [-0.05, 0) is 36.6 Å². The molecule has 1 unspecified atom stereocenters. The summed E-state index contributed by atoms with van der Waals surface area (Å²) in [6.07, 6.45) is 2.16. The Balaban J connectivity index is 1.89. The zero-order chi connectivity index (χ0) is 25.0. The molecule has 6 heteroatoms. The molecule has 3 rings (SSSR count). The number of unbranched alkanes of at least 4 members (excludes halogenated alkanes) is 1. The Morgan fingerprint density at radius 3 is 2.40 bits per heavy atom. The van der Waals surface area contributed by atoms with Crippen LogP contribution in [0.4, 0.5) is 4.39 Å². The highest BCUT2D eigenvalue weighted by atomic mass is 19.1. The largest absolute Gasteiger partial charge is 0.481 e. The maximum Gasteiger partial charge on any atom is 0.261 e. The first-order valence-electron chi connectivity index (χ1n) is 12.0. The van der Waals surface area contributed by atoms with E-state index in [4.69, 9.17) is 4.74 Å². The minimum atomic E-state index is -0.744. The standard InChI is InChI=1S/C29H33FN2O3/c1-3-4-17-31-29(34)26(19-23-12-6-5-7-13-23)32(20-24-14-10-11-22(2)18-24)28(33)21-35-27-16-9-8-15-25(27)30/h5-16,18,26H,3-4,17,19-21H2,1-2H3,(H,31,34). The van der Waals surface area contributed by atoms with Crippen molar-refractivity contribution in [3.8, 4) is 5.75 Å². The number of ether oxygens (including phenoxy) is 1. The highest BCUT2D eigenvalue weighted by Crippen LogP contribution is 2.18. The number of rotatable bonds is 12. The summed E-state index contributed by atoms with van der Waals surface area (Å²) >= 11 is 0. The van der Waals surface area contributed by atoms with Crippen molar-refractivity contribution in [2.45, 2.75) is 45.7 Å². The number of halogens is 1. The monoisotopic (exact) mass is 476 g/mol. The second-order valence-electron chi connectivity index (χ2n) is 8.58. The number of hydrogen-bond acceptors (Lipinski definition) is 3. The summed E-state index contributed by atoms with van der Waals surface area (Å²) in [5.41, 5.74) is 2.91. The molecule has 0 heterocycles. The number of aryl methyl sites for hydroxylation is 1. The lowest BCUT2D eigenvalue weighted by Crippen LogP contribution is -2.51. The average Bonchev–Trinajstić information content (AvgIpc) is 2.86. The van der Waals surface area contributed by atoms with Crippen molar-refractivity contribution >= 4 is 11.8 Å². The van der Waals surface area contributed by atoms with Crippen LogP contribution in [0, 0.1) is 12.7 Å². The van der Waals surface area contributed by atoms with Gasteiger partial charge in [-0.3, -0.25) is 9.59 Å². The third-order valence-electron chi connectivity index (χ3n) is 5.72.